The Balaban J connectivity index is 1.84. The molecule has 6 heteroatoms. The van der Waals surface area contributed by atoms with Crippen LogP contribution in [0.25, 0.3) is 6.08 Å². The standard InChI is InChI=1S/C15H17NO3S2/c17-5-6-19-14(13-4-8-21-11-13)9-16-15(18)2-1-12-3-7-20-10-12/h1-4,7-8,10-11,14,17H,5-6,9H2,(H,16,18). The largest absolute Gasteiger partial charge is 0.394 e. The van der Waals surface area contributed by atoms with Gasteiger partial charge in [0.15, 0.2) is 0 Å². The van der Waals surface area contributed by atoms with Crippen molar-refractivity contribution in [2.45, 2.75) is 6.10 Å². The SMILES string of the molecule is O=C(C=Cc1ccsc1)NCC(OCCO)c1ccsc1. The predicted octanol–water partition coefficient (Wildman–Crippen LogP) is 2.69. The van der Waals surface area contributed by atoms with Crippen molar-refractivity contribution in [3.8, 4) is 0 Å². The fraction of sp³-hybridized carbons (Fsp3) is 0.267. The monoisotopic (exact) mass is 323 g/mol. The summed E-state index contributed by atoms with van der Waals surface area (Å²) in [5.41, 5.74) is 2.02. The smallest absolute Gasteiger partial charge is 0.244 e. The summed E-state index contributed by atoms with van der Waals surface area (Å²) in [6.07, 6.45) is 3.06. The molecular weight excluding hydrogens is 306 g/mol. The molecule has 0 aliphatic heterocycles. The van der Waals surface area contributed by atoms with Crippen LogP contribution in [0, 0.1) is 0 Å². The molecule has 0 fully saturated rings. The topological polar surface area (TPSA) is 58.6 Å². The number of carbonyl (C=O) groups excluding carboxylic acids is 1. The van der Waals surface area contributed by atoms with Crippen molar-refractivity contribution in [3.05, 3.63) is 50.9 Å². The lowest BCUT2D eigenvalue weighted by atomic mass is 10.2. The third-order valence-electron chi connectivity index (χ3n) is 2.76. The van der Waals surface area contributed by atoms with Crippen molar-refractivity contribution < 1.29 is 14.6 Å². The minimum Gasteiger partial charge on any atom is -0.394 e. The summed E-state index contributed by atoms with van der Waals surface area (Å²) in [5, 5.41) is 19.6. The Kier molecular flexibility index (Phi) is 6.62. The van der Waals surface area contributed by atoms with Gasteiger partial charge < -0.3 is 15.2 Å². The van der Waals surface area contributed by atoms with E-state index in [0.717, 1.165) is 11.1 Å². The van der Waals surface area contributed by atoms with E-state index in [4.69, 9.17) is 9.84 Å². The van der Waals surface area contributed by atoms with Gasteiger partial charge in [0.1, 0.15) is 6.10 Å². The first-order valence-electron chi connectivity index (χ1n) is 6.52. The number of ether oxygens (including phenoxy) is 1. The fourth-order valence-corrected chi connectivity index (χ4v) is 3.05. The van der Waals surface area contributed by atoms with Crippen molar-refractivity contribution in [2.75, 3.05) is 19.8 Å². The molecule has 4 nitrogen and oxygen atoms in total. The fourth-order valence-electron chi connectivity index (χ4n) is 1.72. The summed E-state index contributed by atoms with van der Waals surface area (Å²) in [6, 6.07) is 3.91. The van der Waals surface area contributed by atoms with Crippen LogP contribution in [0.4, 0.5) is 0 Å². The van der Waals surface area contributed by atoms with Gasteiger partial charge in [-0.15, -0.1) is 0 Å². The summed E-state index contributed by atoms with van der Waals surface area (Å²) in [6.45, 7) is 0.595. The van der Waals surface area contributed by atoms with Gasteiger partial charge in [0.05, 0.1) is 13.2 Å². The molecule has 21 heavy (non-hydrogen) atoms. The van der Waals surface area contributed by atoms with E-state index in [1.165, 1.54) is 6.08 Å². The maximum atomic E-state index is 11.8. The van der Waals surface area contributed by atoms with Gasteiger partial charge in [-0.3, -0.25) is 4.79 Å². The van der Waals surface area contributed by atoms with Crippen LogP contribution in [0.3, 0.4) is 0 Å². The van der Waals surface area contributed by atoms with Crippen LogP contribution in [0.15, 0.2) is 39.7 Å². The second-order valence-electron chi connectivity index (χ2n) is 4.27. The van der Waals surface area contributed by atoms with Gasteiger partial charge in [-0.1, -0.05) is 0 Å². The lowest BCUT2D eigenvalue weighted by molar-refractivity contribution is -0.117. The summed E-state index contributed by atoms with van der Waals surface area (Å²) >= 11 is 3.17. The van der Waals surface area contributed by atoms with E-state index in [1.807, 2.05) is 33.7 Å². The molecule has 2 rings (SSSR count). The Labute approximate surface area is 131 Å². The molecule has 2 N–H and O–H groups in total. The van der Waals surface area contributed by atoms with Crippen molar-refractivity contribution in [1.82, 2.24) is 5.32 Å². The van der Waals surface area contributed by atoms with E-state index < -0.39 is 0 Å². The van der Waals surface area contributed by atoms with Gasteiger partial charge in [0.25, 0.3) is 0 Å². The normalized spacial score (nSPS) is 12.6. The molecule has 2 aromatic rings. The van der Waals surface area contributed by atoms with Gasteiger partial charge in [0.2, 0.25) is 5.91 Å². The minimum atomic E-state index is -0.234. The van der Waals surface area contributed by atoms with E-state index >= 15 is 0 Å². The van der Waals surface area contributed by atoms with Crippen LogP contribution >= 0.6 is 22.7 Å². The number of rotatable bonds is 8. The number of aliphatic hydroxyl groups excluding tert-OH is 1. The number of hydrogen-bond acceptors (Lipinski definition) is 5. The molecule has 1 unspecified atom stereocenters. The van der Waals surface area contributed by atoms with Gasteiger partial charge >= 0.3 is 0 Å². The molecule has 0 aromatic carbocycles. The summed E-state index contributed by atoms with van der Waals surface area (Å²) in [4.78, 5) is 11.8. The Bertz CT molecular complexity index is 550. The quantitative estimate of drug-likeness (QED) is 0.734. The van der Waals surface area contributed by atoms with Crippen molar-refractivity contribution >= 4 is 34.7 Å². The Morgan fingerprint density at radius 2 is 2.14 bits per heavy atom. The number of carbonyl (C=O) groups is 1. The van der Waals surface area contributed by atoms with E-state index in [-0.39, 0.29) is 25.2 Å². The van der Waals surface area contributed by atoms with Gasteiger partial charge in [0, 0.05) is 12.6 Å². The number of thiophene rings is 2. The molecule has 0 spiro atoms. The highest BCUT2D eigenvalue weighted by molar-refractivity contribution is 7.08. The van der Waals surface area contributed by atoms with E-state index in [2.05, 4.69) is 5.32 Å². The molecule has 2 aromatic heterocycles. The zero-order chi connectivity index (χ0) is 14.9. The van der Waals surface area contributed by atoms with Crippen LogP contribution in [-0.4, -0.2) is 30.8 Å². The van der Waals surface area contributed by atoms with E-state index in [1.54, 1.807) is 28.7 Å². The third kappa shape index (κ3) is 5.43. The minimum absolute atomic E-state index is 0.0351. The average Bonchev–Trinajstić information content (AvgIpc) is 3.18. The molecule has 0 aliphatic rings. The number of amides is 1. The Morgan fingerprint density at radius 3 is 2.81 bits per heavy atom. The average molecular weight is 323 g/mol. The molecule has 0 bridgehead atoms. The molecule has 112 valence electrons. The van der Waals surface area contributed by atoms with Crippen molar-refractivity contribution in [1.29, 1.82) is 0 Å². The molecule has 0 saturated carbocycles. The van der Waals surface area contributed by atoms with Crippen LogP contribution in [0.5, 0.6) is 0 Å². The van der Waals surface area contributed by atoms with Crippen LogP contribution in [0.1, 0.15) is 17.2 Å². The van der Waals surface area contributed by atoms with Crippen molar-refractivity contribution in [2.24, 2.45) is 0 Å². The first kappa shape index (κ1) is 15.9. The summed E-state index contributed by atoms with van der Waals surface area (Å²) < 4.78 is 5.56. The Morgan fingerprint density at radius 1 is 1.33 bits per heavy atom. The molecular formula is C15H17NO3S2. The van der Waals surface area contributed by atoms with E-state index in [9.17, 15) is 4.79 Å². The zero-order valence-corrected chi connectivity index (χ0v) is 13.0. The zero-order valence-electron chi connectivity index (χ0n) is 11.4. The van der Waals surface area contributed by atoms with Gasteiger partial charge in [-0.2, -0.15) is 22.7 Å². The maximum Gasteiger partial charge on any atom is 0.244 e. The lowest BCUT2D eigenvalue weighted by Crippen LogP contribution is -2.28. The number of nitrogens with one attached hydrogen (secondary N) is 1. The van der Waals surface area contributed by atoms with Gasteiger partial charge in [-0.05, 0) is 50.9 Å². The van der Waals surface area contributed by atoms with Crippen molar-refractivity contribution in [3.63, 3.8) is 0 Å². The predicted molar refractivity (Wildman–Crippen MR) is 86.5 cm³/mol. The molecule has 0 aliphatic carbocycles. The third-order valence-corrected chi connectivity index (χ3v) is 4.16. The second-order valence-corrected chi connectivity index (χ2v) is 5.83. The highest BCUT2D eigenvalue weighted by atomic mass is 32.1. The second kappa shape index (κ2) is 8.74. The van der Waals surface area contributed by atoms with Crippen LogP contribution < -0.4 is 5.32 Å². The van der Waals surface area contributed by atoms with E-state index in [0.29, 0.717) is 6.54 Å². The molecule has 0 saturated heterocycles. The molecule has 2 heterocycles. The maximum absolute atomic E-state index is 11.8. The summed E-state index contributed by atoms with van der Waals surface area (Å²) in [7, 11) is 0. The summed E-state index contributed by atoms with van der Waals surface area (Å²) in [5.74, 6) is -0.158. The number of hydrogen-bond donors (Lipinski definition) is 2. The van der Waals surface area contributed by atoms with Crippen LogP contribution in [-0.2, 0) is 9.53 Å². The molecule has 1 atom stereocenters. The molecule has 0 radical (unpaired) electrons. The first-order valence-corrected chi connectivity index (χ1v) is 8.41. The highest BCUT2D eigenvalue weighted by Crippen LogP contribution is 2.19. The molecule has 1 amide bonds. The van der Waals surface area contributed by atoms with Crippen LogP contribution in [0.2, 0.25) is 0 Å². The lowest BCUT2D eigenvalue weighted by Gasteiger charge is -2.16. The highest BCUT2D eigenvalue weighted by Gasteiger charge is 2.13. The van der Waals surface area contributed by atoms with Gasteiger partial charge in [-0.25, -0.2) is 0 Å². The number of aliphatic hydroxyl groups is 1. The first-order chi connectivity index (χ1) is 10.3. The Hall–Kier alpha value is -1.47.